The van der Waals surface area contributed by atoms with E-state index >= 15 is 0 Å². The predicted octanol–water partition coefficient (Wildman–Crippen LogP) is 4.41. The van der Waals surface area contributed by atoms with Crippen LogP contribution in [-0.2, 0) is 4.79 Å². The number of rotatable bonds is 3. The minimum atomic E-state index is -0.288. The van der Waals surface area contributed by atoms with Crippen molar-refractivity contribution in [1.29, 1.82) is 0 Å². The number of benzene rings is 2. The lowest BCUT2D eigenvalue weighted by Gasteiger charge is -2.39. The van der Waals surface area contributed by atoms with Gasteiger partial charge < -0.3 is 10.3 Å². The Bertz CT molecular complexity index is 1070. The molecule has 1 aromatic heterocycles. The summed E-state index contributed by atoms with van der Waals surface area (Å²) in [6.07, 6.45) is 3.34. The van der Waals surface area contributed by atoms with Crippen LogP contribution in [0.4, 0.5) is 0 Å². The lowest BCUT2D eigenvalue weighted by Crippen LogP contribution is -2.50. The van der Waals surface area contributed by atoms with Crippen LogP contribution >= 0.6 is 11.8 Å². The first kappa shape index (κ1) is 20.1. The second-order valence-electron chi connectivity index (χ2n) is 8.44. The van der Waals surface area contributed by atoms with E-state index in [1.807, 2.05) is 35.0 Å². The Morgan fingerprint density at radius 1 is 1.06 bits per heavy atom. The van der Waals surface area contributed by atoms with Crippen molar-refractivity contribution in [2.45, 2.75) is 55.6 Å². The predicted molar refractivity (Wildman–Crippen MR) is 123 cm³/mol. The number of carbonyl (C=O) groups is 1. The summed E-state index contributed by atoms with van der Waals surface area (Å²) in [7, 11) is 0. The molecule has 2 aromatic carbocycles. The van der Waals surface area contributed by atoms with Crippen molar-refractivity contribution in [3.05, 3.63) is 65.7 Å². The molecule has 160 valence electrons. The van der Waals surface area contributed by atoms with E-state index in [9.17, 15) is 4.79 Å². The summed E-state index contributed by atoms with van der Waals surface area (Å²) in [4.78, 5) is 15.8. The molecule has 6 nitrogen and oxygen atoms in total. The number of piperidine rings is 1. The van der Waals surface area contributed by atoms with Crippen LogP contribution in [0.5, 0.6) is 0 Å². The highest BCUT2D eigenvalue weighted by atomic mass is 32.2. The maximum atomic E-state index is 13.7. The first-order valence-electron chi connectivity index (χ1n) is 10.9. The topological polar surface area (TPSA) is 63.1 Å². The van der Waals surface area contributed by atoms with E-state index in [1.165, 1.54) is 23.7 Å². The molecule has 5 rings (SSSR count). The SMILES string of the molecule is Cc1ccc([C@@H]2Nn3c(nnc3-c3ccccc3)S[C@H]2C(=O)N2CCCC[C@H]2C)cc1. The summed E-state index contributed by atoms with van der Waals surface area (Å²) in [6.45, 7) is 5.07. The largest absolute Gasteiger partial charge is 0.339 e. The van der Waals surface area contributed by atoms with E-state index in [1.54, 1.807) is 0 Å². The fraction of sp³-hybridized carbons (Fsp3) is 0.375. The van der Waals surface area contributed by atoms with E-state index < -0.39 is 0 Å². The van der Waals surface area contributed by atoms with Gasteiger partial charge in [-0.05, 0) is 38.7 Å². The van der Waals surface area contributed by atoms with Crippen LogP contribution in [0.25, 0.3) is 11.4 Å². The van der Waals surface area contributed by atoms with E-state index in [0.29, 0.717) is 0 Å². The molecule has 0 saturated carbocycles. The Balaban J connectivity index is 1.53. The molecule has 7 heteroatoms. The van der Waals surface area contributed by atoms with Crippen LogP contribution < -0.4 is 5.43 Å². The van der Waals surface area contributed by atoms with Crippen LogP contribution in [0.2, 0.25) is 0 Å². The number of aryl methyl sites for hydroxylation is 1. The van der Waals surface area contributed by atoms with Crippen LogP contribution in [0.1, 0.15) is 43.4 Å². The summed E-state index contributed by atoms with van der Waals surface area (Å²) in [5.74, 6) is 0.947. The molecule has 3 aromatic rings. The van der Waals surface area contributed by atoms with E-state index in [2.05, 4.69) is 58.6 Å². The second-order valence-corrected chi connectivity index (χ2v) is 9.55. The maximum Gasteiger partial charge on any atom is 0.238 e. The summed E-state index contributed by atoms with van der Waals surface area (Å²) < 4.78 is 1.94. The Morgan fingerprint density at radius 2 is 1.84 bits per heavy atom. The first-order chi connectivity index (χ1) is 15.1. The minimum Gasteiger partial charge on any atom is -0.339 e. The highest BCUT2D eigenvalue weighted by molar-refractivity contribution is 8.00. The summed E-state index contributed by atoms with van der Waals surface area (Å²) >= 11 is 1.52. The maximum absolute atomic E-state index is 13.7. The Labute approximate surface area is 187 Å². The minimum absolute atomic E-state index is 0.168. The third-order valence-corrected chi connectivity index (χ3v) is 7.44. The Kier molecular flexibility index (Phi) is 5.44. The number of nitrogens with one attached hydrogen (secondary N) is 1. The van der Waals surface area contributed by atoms with Crippen molar-refractivity contribution in [3.63, 3.8) is 0 Å². The summed E-state index contributed by atoms with van der Waals surface area (Å²) in [5, 5.41) is 9.29. The Morgan fingerprint density at radius 3 is 2.58 bits per heavy atom. The van der Waals surface area contributed by atoms with E-state index in [-0.39, 0.29) is 23.2 Å². The number of thioether (sulfide) groups is 1. The van der Waals surface area contributed by atoms with Crippen LogP contribution in [0, 0.1) is 6.92 Å². The van der Waals surface area contributed by atoms with Crippen LogP contribution in [-0.4, -0.2) is 43.5 Å². The second kappa shape index (κ2) is 8.38. The molecule has 2 aliphatic rings. The van der Waals surface area contributed by atoms with Gasteiger partial charge >= 0.3 is 0 Å². The average Bonchev–Trinajstić information content (AvgIpc) is 3.22. The zero-order valence-corrected chi connectivity index (χ0v) is 18.7. The average molecular weight is 434 g/mol. The lowest BCUT2D eigenvalue weighted by atomic mass is 9.99. The van der Waals surface area contributed by atoms with Crippen LogP contribution in [0.3, 0.4) is 0 Å². The number of fused-ring (bicyclic) bond motifs is 1. The van der Waals surface area contributed by atoms with Crippen molar-refractivity contribution in [3.8, 4) is 11.4 Å². The zero-order chi connectivity index (χ0) is 21.4. The number of hydrogen-bond acceptors (Lipinski definition) is 5. The normalized spacial score (nSPS) is 23.2. The van der Waals surface area contributed by atoms with Gasteiger partial charge in [0.25, 0.3) is 0 Å². The highest BCUT2D eigenvalue weighted by Gasteiger charge is 2.41. The molecule has 31 heavy (non-hydrogen) atoms. The van der Waals surface area contributed by atoms with Gasteiger partial charge in [-0.3, -0.25) is 4.79 Å². The third kappa shape index (κ3) is 3.83. The number of nitrogens with zero attached hydrogens (tertiary/aromatic N) is 4. The van der Waals surface area contributed by atoms with Gasteiger partial charge in [0.1, 0.15) is 5.25 Å². The van der Waals surface area contributed by atoms with Gasteiger partial charge in [-0.15, -0.1) is 10.2 Å². The first-order valence-corrected chi connectivity index (χ1v) is 11.8. The number of carbonyl (C=O) groups excluding carboxylic acids is 1. The molecule has 1 amide bonds. The highest BCUT2D eigenvalue weighted by Crippen LogP contribution is 2.40. The standard InChI is InChI=1S/C24H27N5OS/c1-16-11-13-18(14-12-16)20-21(23(30)28-15-7-6-8-17(28)2)31-24-26-25-22(29(24)27-20)19-9-4-3-5-10-19/h3-5,9-14,17,20-21,27H,6-8,15H2,1-2H3/t17-,20+,21-/m1/s1. The molecule has 1 fully saturated rings. The number of likely N-dealkylation sites (tertiary alicyclic amines) is 1. The van der Waals surface area contributed by atoms with Gasteiger partial charge in [0.15, 0.2) is 5.82 Å². The zero-order valence-electron chi connectivity index (χ0n) is 17.9. The monoisotopic (exact) mass is 433 g/mol. The number of aromatic nitrogens is 3. The van der Waals surface area contributed by atoms with Gasteiger partial charge in [-0.1, -0.05) is 71.9 Å². The molecule has 0 bridgehead atoms. The molecule has 0 radical (unpaired) electrons. The molecule has 1 N–H and O–H groups in total. The van der Waals surface area contributed by atoms with Crippen molar-refractivity contribution in [2.75, 3.05) is 12.0 Å². The molecule has 1 saturated heterocycles. The molecule has 3 heterocycles. The van der Waals surface area contributed by atoms with Gasteiger partial charge in [-0.2, -0.15) is 0 Å². The quantitative estimate of drug-likeness (QED) is 0.663. The van der Waals surface area contributed by atoms with Crippen molar-refractivity contribution >= 4 is 17.7 Å². The summed E-state index contributed by atoms with van der Waals surface area (Å²) in [6, 6.07) is 18.6. The molecular formula is C24H27N5OS. The van der Waals surface area contributed by atoms with Gasteiger partial charge in [0, 0.05) is 18.2 Å². The van der Waals surface area contributed by atoms with Crippen molar-refractivity contribution < 1.29 is 4.79 Å². The lowest BCUT2D eigenvalue weighted by molar-refractivity contribution is -0.134. The third-order valence-electron chi connectivity index (χ3n) is 6.23. The molecule has 0 aliphatic carbocycles. The van der Waals surface area contributed by atoms with E-state index in [4.69, 9.17) is 0 Å². The summed E-state index contributed by atoms with van der Waals surface area (Å²) in [5.41, 5.74) is 6.88. The van der Waals surface area contributed by atoms with Gasteiger partial charge in [-0.25, -0.2) is 4.68 Å². The van der Waals surface area contributed by atoms with Crippen LogP contribution in [0.15, 0.2) is 59.8 Å². The molecule has 2 aliphatic heterocycles. The Hall–Kier alpha value is -2.80. The number of hydrogen-bond donors (Lipinski definition) is 1. The van der Waals surface area contributed by atoms with Gasteiger partial charge in [0.2, 0.25) is 11.1 Å². The van der Waals surface area contributed by atoms with E-state index in [0.717, 1.165) is 41.5 Å². The fourth-order valence-electron chi connectivity index (χ4n) is 4.43. The fourth-order valence-corrected chi connectivity index (χ4v) is 5.58. The smallest absolute Gasteiger partial charge is 0.238 e. The molecular weight excluding hydrogens is 406 g/mol. The van der Waals surface area contributed by atoms with Crippen molar-refractivity contribution in [1.82, 2.24) is 19.8 Å². The van der Waals surface area contributed by atoms with Crippen molar-refractivity contribution in [2.24, 2.45) is 0 Å². The molecule has 3 atom stereocenters. The number of amides is 1. The van der Waals surface area contributed by atoms with Gasteiger partial charge in [0.05, 0.1) is 6.04 Å². The molecule has 0 unspecified atom stereocenters. The molecule has 0 spiro atoms.